The van der Waals surface area contributed by atoms with Gasteiger partial charge in [0, 0.05) is 23.9 Å². The van der Waals surface area contributed by atoms with Crippen LogP contribution in [0.3, 0.4) is 0 Å². The maximum absolute atomic E-state index is 12.3. The fraction of sp³-hybridized carbons (Fsp3) is 0.158. The van der Waals surface area contributed by atoms with Crippen molar-refractivity contribution in [1.82, 2.24) is 14.9 Å². The van der Waals surface area contributed by atoms with Gasteiger partial charge in [-0.2, -0.15) is 0 Å². The first-order valence-corrected chi connectivity index (χ1v) is 8.62. The molecule has 0 aliphatic heterocycles. The second kappa shape index (κ2) is 7.98. The zero-order chi connectivity index (χ0) is 17.6. The monoisotopic (exact) mass is 399 g/mol. The summed E-state index contributed by atoms with van der Waals surface area (Å²) >= 11 is 3.43. The fourth-order valence-electron chi connectivity index (χ4n) is 2.49. The largest absolute Gasteiger partial charge is 0.445 e. The molecule has 1 atom stereocenters. The summed E-state index contributed by atoms with van der Waals surface area (Å²) in [5.74, 6) is 0.735. The molecule has 1 heterocycles. The van der Waals surface area contributed by atoms with E-state index in [0.29, 0.717) is 0 Å². The highest BCUT2D eigenvalue weighted by atomic mass is 79.9. The van der Waals surface area contributed by atoms with Crippen molar-refractivity contribution in [2.24, 2.45) is 7.05 Å². The van der Waals surface area contributed by atoms with Crippen LogP contribution in [-0.2, 0) is 18.4 Å². The molecule has 0 aliphatic rings. The molecule has 3 aromatic rings. The van der Waals surface area contributed by atoms with Crippen molar-refractivity contribution in [1.29, 1.82) is 0 Å². The molecule has 25 heavy (non-hydrogen) atoms. The van der Waals surface area contributed by atoms with Crippen LogP contribution >= 0.6 is 15.9 Å². The first-order valence-electron chi connectivity index (χ1n) is 7.83. The molecular formula is C19H18BrN3O2. The van der Waals surface area contributed by atoms with Crippen LogP contribution in [0.1, 0.15) is 23.0 Å². The van der Waals surface area contributed by atoms with Crippen LogP contribution in [0, 0.1) is 0 Å². The maximum Gasteiger partial charge on any atom is 0.408 e. The molecule has 0 radical (unpaired) electrons. The lowest BCUT2D eigenvalue weighted by atomic mass is 10.1. The molecule has 0 spiro atoms. The highest BCUT2D eigenvalue weighted by Crippen LogP contribution is 2.22. The van der Waals surface area contributed by atoms with Crippen molar-refractivity contribution in [2.75, 3.05) is 0 Å². The first-order chi connectivity index (χ1) is 12.1. The van der Waals surface area contributed by atoms with Gasteiger partial charge in [-0.05, 0) is 23.3 Å². The van der Waals surface area contributed by atoms with E-state index in [-0.39, 0.29) is 6.61 Å². The summed E-state index contributed by atoms with van der Waals surface area (Å²) in [5, 5.41) is 2.91. The summed E-state index contributed by atoms with van der Waals surface area (Å²) in [7, 11) is 1.89. The molecule has 0 aliphatic carbocycles. The van der Waals surface area contributed by atoms with Crippen molar-refractivity contribution in [3.63, 3.8) is 0 Å². The molecule has 1 N–H and O–H groups in total. The number of nitrogens with zero attached hydrogens (tertiary/aromatic N) is 2. The van der Waals surface area contributed by atoms with Crippen LogP contribution in [0.15, 0.2) is 71.5 Å². The van der Waals surface area contributed by atoms with Crippen LogP contribution in [0.5, 0.6) is 0 Å². The number of nitrogens with one attached hydrogen (secondary N) is 1. The summed E-state index contributed by atoms with van der Waals surface area (Å²) in [5.41, 5.74) is 1.86. The number of imidazole rings is 1. The van der Waals surface area contributed by atoms with Crippen molar-refractivity contribution in [3.8, 4) is 0 Å². The number of hydrogen-bond acceptors (Lipinski definition) is 3. The predicted octanol–water partition coefficient (Wildman–Crippen LogP) is 4.20. The number of ether oxygens (including phenoxy) is 1. The summed E-state index contributed by atoms with van der Waals surface area (Å²) in [4.78, 5) is 16.7. The van der Waals surface area contributed by atoms with Crippen LogP contribution in [0.2, 0.25) is 0 Å². The van der Waals surface area contributed by atoms with E-state index >= 15 is 0 Å². The average molecular weight is 400 g/mol. The Balaban J connectivity index is 1.74. The molecule has 6 heteroatoms. The van der Waals surface area contributed by atoms with Crippen molar-refractivity contribution >= 4 is 22.0 Å². The van der Waals surface area contributed by atoms with Gasteiger partial charge in [0.1, 0.15) is 18.5 Å². The lowest BCUT2D eigenvalue weighted by Crippen LogP contribution is -2.31. The van der Waals surface area contributed by atoms with Crippen LogP contribution in [0.25, 0.3) is 0 Å². The molecule has 0 bridgehead atoms. The summed E-state index contributed by atoms with van der Waals surface area (Å²) in [6.45, 7) is 0.223. The van der Waals surface area contributed by atoms with Gasteiger partial charge in [-0.3, -0.25) is 0 Å². The smallest absolute Gasteiger partial charge is 0.408 e. The number of hydrogen-bond donors (Lipinski definition) is 1. The Kier molecular flexibility index (Phi) is 5.50. The SMILES string of the molecule is Cn1ccnc1C(NC(=O)OCc1ccccc1)c1ccc(Br)cc1. The Morgan fingerprint density at radius 1 is 1.20 bits per heavy atom. The fourth-order valence-corrected chi connectivity index (χ4v) is 2.75. The minimum Gasteiger partial charge on any atom is -0.445 e. The number of aromatic nitrogens is 2. The third-order valence-electron chi connectivity index (χ3n) is 3.79. The van der Waals surface area contributed by atoms with E-state index in [9.17, 15) is 4.79 Å². The quantitative estimate of drug-likeness (QED) is 0.699. The standard InChI is InChI=1S/C19H18BrN3O2/c1-23-12-11-21-18(23)17(15-7-9-16(20)10-8-15)22-19(24)25-13-14-5-3-2-4-6-14/h2-12,17H,13H2,1H3,(H,22,24). The molecule has 1 aromatic heterocycles. The van der Waals surface area contributed by atoms with Gasteiger partial charge in [-0.25, -0.2) is 9.78 Å². The minimum absolute atomic E-state index is 0.223. The topological polar surface area (TPSA) is 56.2 Å². The lowest BCUT2D eigenvalue weighted by molar-refractivity contribution is 0.136. The van der Waals surface area contributed by atoms with Gasteiger partial charge in [0.25, 0.3) is 0 Å². The molecule has 1 unspecified atom stereocenters. The third-order valence-corrected chi connectivity index (χ3v) is 4.32. The van der Waals surface area contributed by atoms with Gasteiger partial charge in [-0.1, -0.05) is 58.4 Å². The number of rotatable bonds is 5. The van der Waals surface area contributed by atoms with E-state index < -0.39 is 12.1 Å². The van der Waals surface area contributed by atoms with Crippen LogP contribution in [-0.4, -0.2) is 15.6 Å². The van der Waals surface area contributed by atoms with Gasteiger partial charge in [0.05, 0.1) is 0 Å². The maximum atomic E-state index is 12.3. The molecule has 3 rings (SSSR count). The van der Waals surface area contributed by atoms with Gasteiger partial charge in [-0.15, -0.1) is 0 Å². The summed E-state index contributed by atoms with van der Waals surface area (Å²) in [6, 6.07) is 16.9. The zero-order valence-electron chi connectivity index (χ0n) is 13.7. The number of benzene rings is 2. The number of aryl methyl sites for hydroxylation is 1. The molecule has 0 fully saturated rings. The molecule has 128 valence electrons. The molecule has 0 saturated carbocycles. The second-order valence-electron chi connectivity index (χ2n) is 5.59. The second-order valence-corrected chi connectivity index (χ2v) is 6.50. The van der Waals surface area contributed by atoms with Crippen LogP contribution < -0.4 is 5.32 Å². The first kappa shape index (κ1) is 17.2. The van der Waals surface area contributed by atoms with E-state index in [1.807, 2.05) is 72.4 Å². The van der Waals surface area contributed by atoms with Gasteiger partial charge in [0.15, 0.2) is 0 Å². The molecule has 2 aromatic carbocycles. The number of carbonyl (C=O) groups excluding carboxylic acids is 1. The highest BCUT2D eigenvalue weighted by Gasteiger charge is 2.21. The number of halogens is 1. The van der Waals surface area contributed by atoms with E-state index in [2.05, 4.69) is 26.2 Å². The number of carbonyl (C=O) groups is 1. The van der Waals surface area contributed by atoms with E-state index in [4.69, 9.17) is 4.74 Å². The summed E-state index contributed by atoms with van der Waals surface area (Å²) < 4.78 is 8.20. The number of amides is 1. The minimum atomic E-state index is -0.486. The molecule has 1 amide bonds. The molecule has 5 nitrogen and oxygen atoms in total. The Labute approximate surface area is 154 Å². The van der Waals surface area contributed by atoms with E-state index in [1.54, 1.807) is 6.20 Å². The Hall–Kier alpha value is -2.60. The van der Waals surface area contributed by atoms with E-state index in [1.165, 1.54) is 0 Å². The Morgan fingerprint density at radius 2 is 1.92 bits per heavy atom. The van der Waals surface area contributed by atoms with Crippen molar-refractivity contribution in [2.45, 2.75) is 12.6 Å². The van der Waals surface area contributed by atoms with E-state index in [0.717, 1.165) is 21.4 Å². The van der Waals surface area contributed by atoms with Gasteiger partial charge in [0.2, 0.25) is 0 Å². The van der Waals surface area contributed by atoms with Crippen molar-refractivity contribution in [3.05, 3.63) is 88.4 Å². The highest BCUT2D eigenvalue weighted by molar-refractivity contribution is 9.10. The van der Waals surface area contributed by atoms with Crippen molar-refractivity contribution < 1.29 is 9.53 Å². The average Bonchev–Trinajstić information content (AvgIpc) is 3.05. The summed E-state index contributed by atoms with van der Waals surface area (Å²) in [6.07, 6.45) is 3.07. The molecular weight excluding hydrogens is 382 g/mol. The zero-order valence-corrected chi connectivity index (χ0v) is 15.3. The van der Waals surface area contributed by atoms with Gasteiger partial charge >= 0.3 is 6.09 Å². The van der Waals surface area contributed by atoms with Crippen LogP contribution in [0.4, 0.5) is 4.79 Å². The number of alkyl carbamates (subject to hydrolysis) is 1. The lowest BCUT2D eigenvalue weighted by Gasteiger charge is -2.19. The third kappa shape index (κ3) is 4.48. The normalized spacial score (nSPS) is 11.8. The predicted molar refractivity (Wildman–Crippen MR) is 99.0 cm³/mol. The molecule has 0 saturated heterocycles. The Bertz CT molecular complexity index is 831. The Morgan fingerprint density at radius 3 is 2.56 bits per heavy atom. The van der Waals surface area contributed by atoms with Gasteiger partial charge < -0.3 is 14.6 Å².